The van der Waals surface area contributed by atoms with Gasteiger partial charge in [0.25, 0.3) is 11.6 Å². The quantitative estimate of drug-likeness (QED) is 0.380. The summed E-state index contributed by atoms with van der Waals surface area (Å²) in [5.74, 6) is -1.20. The van der Waals surface area contributed by atoms with E-state index in [-0.39, 0.29) is 29.7 Å². The Balaban J connectivity index is 1.95. The van der Waals surface area contributed by atoms with Gasteiger partial charge in [-0.05, 0) is 19.8 Å². The molecule has 0 aliphatic heterocycles. The second-order valence-electron chi connectivity index (χ2n) is 6.69. The van der Waals surface area contributed by atoms with Gasteiger partial charge in [-0.3, -0.25) is 14.9 Å². The van der Waals surface area contributed by atoms with E-state index in [0.29, 0.717) is 5.56 Å². The van der Waals surface area contributed by atoms with Crippen molar-refractivity contribution >= 4 is 17.6 Å². The SMILES string of the molecule is CCOc1cc(C(=O)O[C@@H](C(=O)NC2CC2)c2ccccc2)c([N+](=O)[O-])cc1OC. The highest BCUT2D eigenvalue weighted by atomic mass is 16.6. The van der Waals surface area contributed by atoms with Crippen LogP contribution < -0.4 is 14.8 Å². The number of rotatable bonds is 9. The van der Waals surface area contributed by atoms with E-state index in [9.17, 15) is 19.7 Å². The molecule has 1 N–H and O–H groups in total. The number of ether oxygens (including phenoxy) is 3. The average molecular weight is 414 g/mol. The van der Waals surface area contributed by atoms with Crippen molar-refractivity contribution in [3.63, 3.8) is 0 Å². The third kappa shape index (κ3) is 4.86. The lowest BCUT2D eigenvalue weighted by molar-refractivity contribution is -0.385. The topological polar surface area (TPSA) is 117 Å². The van der Waals surface area contributed by atoms with E-state index in [1.165, 1.54) is 13.2 Å². The summed E-state index contributed by atoms with van der Waals surface area (Å²) in [6.45, 7) is 1.99. The predicted molar refractivity (Wildman–Crippen MR) is 107 cm³/mol. The first-order valence-electron chi connectivity index (χ1n) is 9.50. The number of hydrogen-bond acceptors (Lipinski definition) is 7. The molecule has 0 spiro atoms. The first-order valence-corrected chi connectivity index (χ1v) is 9.50. The zero-order valence-corrected chi connectivity index (χ0v) is 16.6. The van der Waals surface area contributed by atoms with Gasteiger partial charge in [0.15, 0.2) is 11.5 Å². The molecule has 1 aliphatic carbocycles. The van der Waals surface area contributed by atoms with Gasteiger partial charge in [-0.2, -0.15) is 0 Å². The van der Waals surface area contributed by atoms with E-state index in [0.717, 1.165) is 18.9 Å². The Morgan fingerprint density at radius 3 is 2.47 bits per heavy atom. The van der Waals surface area contributed by atoms with Crippen molar-refractivity contribution in [2.24, 2.45) is 0 Å². The van der Waals surface area contributed by atoms with Crippen molar-refractivity contribution in [3.8, 4) is 11.5 Å². The number of methoxy groups -OCH3 is 1. The zero-order valence-electron chi connectivity index (χ0n) is 16.6. The van der Waals surface area contributed by atoms with E-state index in [1.807, 2.05) is 0 Å². The molecule has 1 amide bonds. The predicted octanol–water partition coefficient (Wildman–Crippen LogP) is 3.18. The number of nitrogens with zero attached hydrogens (tertiary/aromatic N) is 1. The minimum atomic E-state index is -1.24. The van der Waals surface area contributed by atoms with E-state index >= 15 is 0 Å². The Labute approximate surface area is 173 Å². The van der Waals surface area contributed by atoms with E-state index in [2.05, 4.69) is 5.32 Å². The molecule has 0 bridgehead atoms. The molecule has 0 saturated heterocycles. The summed E-state index contributed by atoms with van der Waals surface area (Å²) in [7, 11) is 1.34. The Hall–Kier alpha value is -3.62. The van der Waals surface area contributed by atoms with Gasteiger partial charge >= 0.3 is 5.97 Å². The van der Waals surface area contributed by atoms with Crippen LogP contribution >= 0.6 is 0 Å². The number of hydrogen-bond donors (Lipinski definition) is 1. The van der Waals surface area contributed by atoms with Crippen molar-refractivity contribution in [2.75, 3.05) is 13.7 Å². The third-order valence-corrected chi connectivity index (χ3v) is 4.49. The summed E-state index contributed by atoms with van der Waals surface area (Å²) in [6.07, 6.45) is 0.489. The van der Waals surface area contributed by atoms with Crippen LogP contribution in [0, 0.1) is 10.1 Å². The third-order valence-electron chi connectivity index (χ3n) is 4.49. The molecular formula is C21H22N2O7. The summed E-state index contributed by atoms with van der Waals surface area (Å²) in [5.41, 5.74) is -0.371. The Morgan fingerprint density at radius 1 is 1.20 bits per heavy atom. The number of benzene rings is 2. The van der Waals surface area contributed by atoms with Gasteiger partial charge in [-0.1, -0.05) is 30.3 Å². The minimum Gasteiger partial charge on any atom is -0.493 e. The summed E-state index contributed by atoms with van der Waals surface area (Å²) in [5, 5.41) is 14.3. The number of carbonyl (C=O) groups excluding carboxylic acids is 2. The Kier molecular flexibility index (Phi) is 6.51. The van der Waals surface area contributed by atoms with E-state index < -0.39 is 28.6 Å². The fourth-order valence-corrected chi connectivity index (χ4v) is 2.87. The normalized spacial score (nSPS) is 13.8. The summed E-state index contributed by atoms with van der Waals surface area (Å²) in [4.78, 5) is 36.4. The zero-order chi connectivity index (χ0) is 21.7. The van der Waals surface area contributed by atoms with Gasteiger partial charge in [0, 0.05) is 17.7 Å². The number of amides is 1. The molecule has 0 heterocycles. The Morgan fingerprint density at radius 2 is 1.90 bits per heavy atom. The van der Waals surface area contributed by atoms with E-state index in [1.54, 1.807) is 37.3 Å². The van der Waals surface area contributed by atoms with Crippen molar-refractivity contribution in [1.82, 2.24) is 5.32 Å². The Bertz CT molecular complexity index is 942. The maximum atomic E-state index is 12.9. The van der Waals surface area contributed by atoms with Crippen LogP contribution in [0.1, 0.15) is 41.8 Å². The molecule has 0 unspecified atom stereocenters. The van der Waals surface area contributed by atoms with Crippen LogP contribution in [-0.2, 0) is 9.53 Å². The van der Waals surface area contributed by atoms with E-state index in [4.69, 9.17) is 14.2 Å². The number of esters is 1. The van der Waals surface area contributed by atoms with Crippen molar-refractivity contribution in [2.45, 2.75) is 31.9 Å². The molecule has 30 heavy (non-hydrogen) atoms. The highest BCUT2D eigenvalue weighted by Gasteiger charge is 2.33. The molecule has 2 aromatic carbocycles. The molecule has 1 saturated carbocycles. The molecule has 158 valence electrons. The molecule has 2 aromatic rings. The van der Waals surface area contributed by atoms with Crippen LogP contribution in [0.2, 0.25) is 0 Å². The van der Waals surface area contributed by atoms with Gasteiger partial charge in [0.05, 0.1) is 24.7 Å². The maximum absolute atomic E-state index is 12.9. The molecule has 1 fully saturated rings. The van der Waals surface area contributed by atoms with Crippen LogP contribution in [0.25, 0.3) is 0 Å². The molecule has 0 aromatic heterocycles. The fraction of sp³-hybridized carbons (Fsp3) is 0.333. The molecule has 0 radical (unpaired) electrons. The smallest absolute Gasteiger partial charge is 0.346 e. The van der Waals surface area contributed by atoms with Gasteiger partial charge in [0.1, 0.15) is 5.56 Å². The molecule has 9 nitrogen and oxygen atoms in total. The monoisotopic (exact) mass is 414 g/mol. The van der Waals surface area contributed by atoms with Crippen LogP contribution in [0.15, 0.2) is 42.5 Å². The molecule has 3 rings (SSSR count). The second-order valence-corrected chi connectivity index (χ2v) is 6.69. The largest absolute Gasteiger partial charge is 0.493 e. The standard InChI is InChI=1S/C21H22N2O7/c1-3-29-18-11-15(16(23(26)27)12-17(18)28-2)21(25)30-19(13-7-5-4-6-8-13)20(24)22-14-9-10-14/h4-8,11-12,14,19H,3,9-10H2,1-2H3,(H,22,24)/t19-/m1/s1. The lowest BCUT2D eigenvalue weighted by Crippen LogP contribution is -2.33. The van der Waals surface area contributed by atoms with Gasteiger partial charge in [-0.15, -0.1) is 0 Å². The van der Waals surface area contributed by atoms with Gasteiger partial charge < -0.3 is 19.5 Å². The second kappa shape index (κ2) is 9.25. The highest BCUT2D eigenvalue weighted by Crippen LogP contribution is 2.36. The fourth-order valence-electron chi connectivity index (χ4n) is 2.87. The van der Waals surface area contributed by atoms with Crippen molar-refractivity contribution < 1.29 is 28.7 Å². The lowest BCUT2D eigenvalue weighted by atomic mass is 10.1. The lowest BCUT2D eigenvalue weighted by Gasteiger charge is -2.18. The van der Waals surface area contributed by atoms with Crippen LogP contribution in [0.3, 0.4) is 0 Å². The average Bonchev–Trinajstić information content (AvgIpc) is 3.56. The first-order chi connectivity index (χ1) is 14.4. The number of carbonyl (C=O) groups is 2. The van der Waals surface area contributed by atoms with Gasteiger partial charge in [-0.25, -0.2) is 4.79 Å². The highest BCUT2D eigenvalue weighted by molar-refractivity contribution is 5.97. The van der Waals surface area contributed by atoms with Crippen LogP contribution in [-0.4, -0.2) is 36.6 Å². The molecular weight excluding hydrogens is 392 g/mol. The molecule has 1 atom stereocenters. The number of nitro groups is 1. The minimum absolute atomic E-state index is 0.0577. The van der Waals surface area contributed by atoms with Crippen molar-refractivity contribution in [1.29, 1.82) is 0 Å². The summed E-state index contributed by atoms with van der Waals surface area (Å²) in [6, 6.07) is 10.9. The van der Waals surface area contributed by atoms with Crippen LogP contribution in [0.4, 0.5) is 5.69 Å². The van der Waals surface area contributed by atoms with Crippen molar-refractivity contribution in [3.05, 3.63) is 63.7 Å². The maximum Gasteiger partial charge on any atom is 0.346 e. The number of nitro benzene ring substituents is 1. The van der Waals surface area contributed by atoms with Gasteiger partial charge in [0.2, 0.25) is 6.10 Å². The summed E-state index contributed by atoms with van der Waals surface area (Å²) >= 11 is 0. The summed E-state index contributed by atoms with van der Waals surface area (Å²) < 4.78 is 16.0. The molecule has 9 heteroatoms. The van der Waals surface area contributed by atoms with Crippen LogP contribution in [0.5, 0.6) is 11.5 Å². The first kappa shape index (κ1) is 21.1. The molecule has 1 aliphatic rings. The number of nitrogens with one attached hydrogen (secondary N) is 1.